The zero-order valence-corrected chi connectivity index (χ0v) is 17.7. The van der Waals surface area contributed by atoms with Gasteiger partial charge >= 0.3 is 0 Å². The van der Waals surface area contributed by atoms with E-state index >= 15 is 0 Å². The van der Waals surface area contributed by atoms with Crippen molar-refractivity contribution in [2.75, 3.05) is 18.2 Å². The number of carbonyl (C=O) groups excluding carboxylic acids is 1. The molecule has 1 N–H and O–H groups in total. The third-order valence-corrected chi connectivity index (χ3v) is 6.30. The quantitative estimate of drug-likeness (QED) is 0.432. The van der Waals surface area contributed by atoms with Crippen molar-refractivity contribution in [2.24, 2.45) is 0 Å². The molecule has 4 rings (SSSR count). The maximum Gasteiger partial charge on any atom is 0.236 e. The summed E-state index contributed by atoms with van der Waals surface area (Å²) in [4.78, 5) is 21.3. The molecule has 0 radical (unpaired) electrons. The number of hydrogen-bond donors (Lipinski definition) is 1. The Labute approximate surface area is 176 Å². The molecule has 6 nitrogen and oxygen atoms in total. The molecule has 0 aliphatic rings. The molecule has 0 spiro atoms. The van der Waals surface area contributed by atoms with Gasteiger partial charge in [0, 0.05) is 18.1 Å². The normalized spacial score (nSPS) is 11.0. The van der Waals surface area contributed by atoms with Crippen LogP contribution in [-0.4, -0.2) is 33.3 Å². The van der Waals surface area contributed by atoms with Crippen molar-refractivity contribution in [1.29, 1.82) is 0 Å². The van der Waals surface area contributed by atoms with Gasteiger partial charge in [-0.1, -0.05) is 36.1 Å². The fourth-order valence-corrected chi connectivity index (χ4v) is 4.58. The van der Waals surface area contributed by atoms with Crippen LogP contribution in [0.4, 0.5) is 5.13 Å². The second kappa shape index (κ2) is 8.67. The zero-order chi connectivity index (χ0) is 20.2. The molecule has 2 heterocycles. The Hall–Kier alpha value is -2.84. The molecule has 0 aliphatic heterocycles. The van der Waals surface area contributed by atoms with Gasteiger partial charge in [0.05, 0.1) is 23.1 Å². The van der Waals surface area contributed by atoms with E-state index in [-0.39, 0.29) is 11.7 Å². The standard InChI is InChI=1S/C21H20N4O2S2/c1-3-14-4-9-17-18(12-14)29-20(23-17)24-19(26)13-28-21-22-10-11-25(21)15-5-7-16(27-2)8-6-15/h4-12H,3,13H2,1-2H3,(H,23,24,26). The largest absolute Gasteiger partial charge is 0.497 e. The van der Waals surface area contributed by atoms with E-state index in [0.717, 1.165) is 33.2 Å². The number of ether oxygens (including phenoxy) is 1. The molecule has 148 valence electrons. The molecule has 1 amide bonds. The number of imidazole rings is 1. The maximum atomic E-state index is 12.4. The Morgan fingerprint density at radius 2 is 2.07 bits per heavy atom. The van der Waals surface area contributed by atoms with Gasteiger partial charge in [-0.25, -0.2) is 9.97 Å². The Kier molecular flexibility index (Phi) is 5.82. The monoisotopic (exact) mass is 424 g/mol. The SMILES string of the molecule is CCc1ccc2nc(NC(=O)CSc3nccn3-c3ccc(OC)cc3)sc2c1. The van der Waals surface area contributed by atoms with E-state index in [4.69, 9.17) is 4.74 Å². The molecule has 0 unspecified atom stereocenters. The van der Waals surface area contributed by atoms with Crippen LogP contribution in [0, 0.1) is 0 Å². The molecule has 0 saturated carbocycles. The lowest BCUT2D eigenvalue weighted by Crippen LogP contribution is -2.14. The molecule has 0 bridgehead atoms. The number of methoxy groups -OCH3 is 1. The van der Waals surface area contributed by atoms with Gasteiger partial charge in [0.15, 0.2) is 10.3 Å². The number of thioether (sulfide) groups is 1. The van der Waals surface area contributed by atoms with Crippen LogP contribution < -0.4 is 10.1 Å². The Morgan fingerprint density at radius 1 is 1.24 bits per heavy atom. The molecule has 4 aromatic rings. The van der Waals surface area contributed by atoms with E-state index in [1.807, 2.05) is 41.1 Å². The summed E-state index contributed by atoms with van der Waals surface area (Å²) in [5.41, 5.74) is 3.13. The van der Waals surface area contributed by atoms with Crippen LogP contribution in [0.2, 0.25) is 0 Å². The summed E-state index contributed by atoms with van der Waals surface area (Å²) >= 11 is 2.88. The summed E-state index contributed by atoms with van der Waals surface area (Å²) < 4.78 is 8.23. The highest BCUT2D eigenvalue weighted by Gasteiger charge is 2.12. The number of anilines is 1. The number of aryl methyl sites for hydroxylation is 1. The minimum absolute atomic E-state index is 0.103. The first-order valence-corrected chi connectivity index (χ1v) is 11.0. The van der Waals surface area contributed by atoms with Crippen molar-refractivity contribution in [3.05, 3.63) is 60.4 Å². The first kappa shape index (κ1) is 19.5. The number of carbonyl (C=O) groups is 1. The average molecular weight is 425 g/mol. The number of nitrogens with one attached hydrogen (secondary N) is 1. The summed E-state index contributed by atoms with van der Waals surface area (Å²) in [6.45, 7) is 2.12. The van der Waals surface area contributed by atoms with Crippen molar-refractivity contribution < 1.29 is 9.53 Å². The van der Waals surface area contributed by atoms with Crippen LogP contribution in [0.1, 0.15) is 12.5 Å². The first-order chi connectivity index (χ1) is 14.2. The number of hydrogen-bond acceptors (Lipinski definition) is 6. The molecular formula is C21H20N4O2S2. The molecule has 2 aromatic carbocycles. The van der Waals surface area contributed by atoms with Crippen molar-refractivity contribution in [3.63, 3.8) is 0 Å². The fourth-order valence-electron chi connectivity index (χ4n) is 2.86. The maximum absolute atomic E-state index is 12.4. The number of benzene rings is 2. The topological polar surface area (TPSA) is 69.0 Å². The van der Waals surface area contributed by atoms with Crippen LogP contribution in [0.3, 0.4) is 0 Å². The van der Waals surface area contributed by atoms with Gasteiger partial charge in [0.25, 0.3) is 0 Å². The summed E-state index contributed by atoms with van der Waals surface area (Å²) in [6, 6.07) is 13.9. The Balaban J connectivity index is 1.41. The van der Waals surface area contributed by atoms with Crippen LogP contribution >= 0.6 is 23.1 Å². The molecule has 0 atom stereocenters. The summed E-state index contributed by atoms with van der Waals surface area (Å²) in [5.74, 6) is 0.946. The van der Waals surface area contributed by atoms with Crippen LogP contribution in [0.25, 0.3) is 15.9 Å². The van der Waals surface area contributed by atoms with Gasteiger partial charge in [-0.2, -0.15) is 0 Å². The van der Waals surface area contributed by atoms with Crippen LogP contribution in [0.15, 0.2) is 60.0 Å². The third-order valence-electron chi connectivity index (χ3n) is 4.40. The molecule has 0 fully saturated rings. The number of amides is 1. The number of rotatable bonds is 7. The highest BCUT2D eigenvalue weighted by atomic mass is 32.2. The summed E-state index contributed by atoms with van der Waals surface area (Å²) in [6.07, 6.45) is 4.58. The average Bonchev–Trinajstić information content (AvgIpc) is 3.37. The number of thiazole rings is 1. The van der Waals surface area contributed by atoms with E-state index < -0.39 is 0 Å². The van der Waals surface area contributed by atoms with Gasteiger partial charge < -0.3 is 10.1 Å². The lowest BCUT2D eigenvalue weighted by Gasteiger charge is -2.08. The summed E-state index contributed by atoms with van der Waals surface area (Å²) in [5, 5.41) is 4.27. The number of nitrogens with zero attached hydrogens (tertiary/aromatic N) is 3. The highest BCUT2D eigenvalue weighted by molar-refractivity contribution is 7.99. The molecule has 0 saturated heterocycles. The van der Waals surface area contributed by atoms with Crippen LogP contribution in [-0.2, 0) is 11.2 Å². The van der Waals surface area contributed by atoms with E-state index in [1.54, 1.807) is 13.3 Å². The predicted octanol–water partition coefficient (Wildman–Crippen LogP) is 4.78. The van der Waals surface area contributed by atoms with Crippen molar-refractivity contribution in [1.82, 2.24) is 14.5 Å². The fraction of sp³-hybridized carbons (Fsp3) is 0.190. The minimum Gasteiger partial charge on any atom is -0.497 e. The number of fused-ring (bicyclic) bond motifs is 1. The third kappa shape index (κ3) is 4.44. The summed E-state index contributed by atoms with van der Waals surface area (Å²) in [7, 11) is 1.64. The van der Waals surface area contributed by atoms with Crippen molar-refractivity contribution >= 4 is 44.4 Å². The van der Waals surface area contributed by atoms with Gasteiger partial charge in [-0.15, -0.1) is 0 Å². The minimum atomic E-state index is -0.103. The van der Waals surface area contributed by atoms with Crippen molar-refractivity contribution in [2.45, 2.75) is 18.5 Å². The highest BCUT2D eigenvalue weighted by Crippen LogP contribution is 2.28. The smallest absolute Gasteiger partial charge is 0.236 e. The second-order valence-electron chi connectivity index (χ2n) is 6.29. The molecular weight excluding hydrogens is 404 g/mol. The Morgan fingerprint density at radius 3 is 2.83 bits per heavy atom. The van der Waals surface area contributed by atoms with E-state index in [2.05, 4.69) is 34.3 Å². The number of aromatic nitrogens is 3. The van der Waals surface area contributed by atoms with E-state index in [0.29, 0.717) is 5.13 Å². The molecule has 0 aliphatic carbocycles. The first-order valence-electron chi connectivity index (χ1n) is 9.16. The van der Waals surface area contributed by atoms with E-state index in [9.17, 15) is 4.79 Å². The van der Waals surface area contributed by atoms with Gasteiger partial charge in [0.1, 0.15) is 5.75 Å². The van der Waals surface area contributed by atoms with Crippen LogP contribution in [0.5, 0.6) is 5.75 Å². The molecule has 2 aromatic heterocycles. The van der Waals surface area contributed by atoms with Gasteiger partial charge in [0.2, 0.25) is 5.91 Å². The van der Waals surface area contributed by atoms with Gasteiger partial charge in [-0.3, -0.25) is 9.36 Å². The van der Waals surface area contributed by atoms with E-state index in [1.165, 1.54) is 28.7 Å². The predicted molar refractivity (Wildman–Crippen MR) is 118 cm³/mol. The van der Waals surface area contributed by atoms with Gasteiger partial charge in [-0.05, 0) is 48.4 Å². The Bertz CT molecular complexity index is 1140. The second-order valence-corrected chi connectivity index (χ2v) is 8.26. The molecule has 29 heavy (non-hydrogen) atoms. The lowest BCUT2D eigenvalue weighted by atomic mass is 10.2. The molecule has 8 heteroatoms. The lowest BCUT2D eigenvalue weighted by molar-refractivity contribution is -0.113. The van der Waals surface area contributed by atoms with Crippen molar-refractivity contribution in [3.8, 4) is 11.4 Å². The zero-order valence-electron chi connectivity index (χ0n) is 16.1.